The molecule has 2 N–H and O–H groups in total. The molecule has 0 fully saturated rings. The maximum atomic E-state index is 11.9. The van der Waals surface area contributed by atoms with E-state index in [2.05, 4.69) is 10.3 Å². The first kappa shape index (κ1) is 14.6. The van der Waals surface area contributed by atoms with Crippen LogP contribution in [0.2, 0.25) is 0 Å². The van der Waals surface area contributed by atoms with Gasteiger partial charge in [0.2, 0.25) is 0 Å². The molecule has 0 saturated heterocycles. The molecule has 0 aliphatic rings. The highest BCUT2D eigenvalue weighted by molar-refractivity contribution is 5.95. The molecule has 0 saturated carbocycles. The lowest BCUT2D eigenvalue weighted by Gasteiger charge is -2.17. The maximum absolute atomic E-state index is 11.9. The molecule has 1 heterocycles. The molecule has 100 valence electrons. The smallest absolute Gasteiger partial charge is 0.326 e. The number of rotatable bonds is 4. The maximum Gasteiger partial charge on any atom is 0.326 e. The van der Waals surface area contributed by atoms with Crippen molar-refractivity contribution in [1.29, 1.82) is 5.26 Å². The van der Waals surface area contributed by atoms with Crippen LogP contribution in [-0.4, -0.2) is 28.0 Å². The van der Waals surface area contributed by atoms with Gasteiger partial charge in [0.25, 0.3) is 5.91 Å². The van der Waals surface area contributed by atoms with E-state index in [9.17, 15) is 9.59 Å². The Labute approximate surface area is 111 Å². The predicted octanol–water partition coefficient (Wildman–Crippen LogP) is 1.10. The fraction of sp³-hybridized carbons (Fsp3) is 0.385. The van der Waals surface area contributed by atoms with Crippen LogP contribution >= 0.6 is 0 Å². The van der Waals surface area contributed by atoms with Gasteiger partial charge in [-0.25, -0.2) is 9.78 Å². The van der Waals surface area contributed by atoms with E-state index in [4.69, 9.17) is 10.4 Å². The van der Waals surface area contributed by atoms with Crippen LogP contribution in [0.5, 0.6) is 0 Å². The first-order chi connectivity index (χ1) is 8.86. The molecule has 19 heavy (non-hydrogen) atoms. The van der Waals surface area contributed by atoms with Crippen molar-refractivity contribution in [2.75, 3.05) is 0 Å². The van der Waals surface area contributed by atoms with Crippen molar-refractivity contribution < 1.29 is 14.7 Å². The van der Waals surface area contributed by atoms with Crippen LogP contribution < -0.4 is 5.32 Å². The van der Waals surface area contributed by atoms with Gasteiger partial charge in [-0.15, -0.1) is 0 Å². The number of amides is 1. The van der Waals surface area contributed by atoms with E-state index in [1.165, 1.54) is 12.1 Å². The van der Waals surface area contributed by atoms with Crippen molar-refractivity contribution in [1.82, 2.24) is 10.3 Å². The Balaban J connectivity index is 2.93. The van der Waals surface area contributed by atoms with Gasteiger partial charge in [0.1, 0.15) is 17.8 Å². The average molecular weight is 261 g/mol. The standard InChI is InChI=1S/C13H15N3O3/c1-7(2)11(13(18)19)16-12(17)10-5-4-9(6-14)8(3)15-10/h4-5,7,11H,1-3H3,(H,16,17)(H,18,19). The number of carbonyl (C=O) groups is 2. The minimum Gasteiger partial charge on any atom is -0.480 e. The molecule has 1 unspecified atom stereocenters. The zero-order chi connectivity index (χ0) is 14.6. The highest BCUT2D eigenvalue weighted by atomic mass is 16.4. The average Bonchev–Trinajstić information content (AvgIpc) is 2.34. The molecule has 0 aromatic carbocycles. The van der Waals surface area contributed by atoms with E-state index < -0.39 is 17.9 Å². The summed E-state index contributed by atoms with van der Waals surface area (Å²) in [5.41, 5.74) is 0.921. The lowest BCUT2D eigenvalue weighted by molar-refractivity contribution is -0.140. The largest absolute Gasteiger partial charge is 0.480 e. The van der Waals surface area contributed by atoms with E-state index in [1.807, 2.05) is 6.07 Å². The SMILES string of the molecule is Cc1nc(C(=O)NC(C(=O)O)C(C)C)ccc1C#N. The molecule has 1 rings (SSSR count). The number of nitriles is 1. The van der Waals surface area contributed by atoms with Crippen LogP contribution in [0.1, 0.15) is 35.6 Å². The summed E-state index contributed by atoms with van der Waals surface area (Å²) in [6, 6.07) is 3.87. The van der Waals surface area contributed by atoms with E-state index in [0.717, 1.165) is 0 Å². The van der Waals surface area contributed by atoms with Crippen LogP contribution in [0, 0.1) is 24.2 Å². The highest BCUT2D eigenvalue weighted by Crippen LogP contribution is 2.07. The zero-order valence-corrected chi connectivity index (χ0v) is 11.0. The number of pyridine rings is 1. The Hall–Kier alpha value is -2.42. The molecule has 0 radical (unpaired) electrons. The number of aromatic nitrogens is 1. The van der Waals surface area contributed by atoms with Crippen LogP contribution in [0.3, 0.4) is 0 Å². The summed E-state index contributed by atoms with van der Waals surface area (Å²) in [5, 5.41) is 20.2. The third-order valence-electron chi connectivity index (χ3n) is 2.66. The number of hydrogen-bond acceptors (Lipinski definition) is 4. The van der Waals surface area contributed by atoms with E-state index in [-0.39, 0.29) is 11.6 Å². The van der Waals surface area contributed by atoms with E-state index in [0.29, 0.717) is 11.3 Å². The van der Waals surface area contributed by atoms with Gasteiger partial charge in [0.05, 0.1) is 11.3 Å². The van der Waals surface area contributed by atoms with Gasteiger partial charge in [0, 0.05) is 0 Å². The molecule has 0 spiro atoms. The fourth-order valence-electron chi connectivity index (χ4n) is 1.53. The summed E-state index contributed by atoms with van der Waals surface area (Å²) in [7, 11) is 0. The number of carbonyl (C=O) groups excluding carboxylic acids is 1. The minimum absolute atomic E-state index is 0.100. The number of nitrogens with one attached hydrogen (secondary N) is 1. The summed E-state index contributed by atoms with van der Waals surface area (Å²) in [6.07, 6.45) is 0. The second-order valence-electron chi connectivity index (χ2n) is 4.47. The van der Waals surface area contributed by atoms with Crippen molar-refractivity contribution in [3.8, 4) is 6.07 Å². The lowest BCUT2D eigenvalue weighted by Crippen LogP contribution is -2.44. The van der Waals surface area contributed by atoms with Crippen molar-refractivity contribution in [3.63, 3.8) is 0 Å². The van der Waals surface area contributed by atoms with Crippen molar-refractivity contribution in [2.24, 2.45) is 5.92 Å². The molecule has 1 amide bonds. The highest BCUT2D eigenvalue weighted by Gasteiger charge is 2.24. The molecule has 0 aliphatic carbocycles. The monoisotopic (exact) mass is 261 g/mol. The number of hydrogen-bond donors (Lipinski definition) is 2. The quantitative estimate of drug-likeness (QED) is 0.844. The molecule has 6 nitrogen and oxygen atoms in total. The molecule has 6 heteroatoms. The van der Waals surface area contributed by atoms with Crippen LogP contribution in [0.15, 0.2) is 12.1 Å². The van der Waals surface area contributed by atoms with Gasteiger partial charge in [0.15, 0.2) is 0 Å². The lowest BCUT2D eigenvalue weighted by atomic mass is 10.0. The first-order valence-corrected chi connectivity index (χ1v) is 5.78. The molecule has 0 bridgehead atoms. The number of carboxylic acid groups (broad SMARTS) is 1. The van der Waals surface area contributed by atoms with Gasteiger partial charge < -0.3 is 10.4 Å². The molecule has 1 aromatic heterocycles. The summed E-state index contributed by atoms with van der Waals surface area (Å²) < 4.78 is 0. The molecular weight excluding hydrogens is 246 g/mol. The molecule has 0 aliphatic heterocycles. The second-order valence-corrected chi connectivity index (χ2v) is 4.47. The Kier molecular flexibility index (Phi) is 4.59. The Morgan fingerprint density at radius 1 is 1.42 bits per heavy atom. The Bertz CT molecular complexity index is 547. The van der Waals surface area contributed by atoms with Crippen LogP contribution in [0.25, 0.3) is 0 Å². The normalized spacial score (nSPS) is 11.7. The zero-order valence-electron chi connectivity index (χ0n) is 11.0. The van der Waals surface area contributed by atoms with Crippen molar-refractivity contribution in [3.05, 3.63) is 29.1 Å². The van der Waals surface area contributed by atoms with Gasteiger partial charge in [-0.2, -0.15) is 5.26 Å². The summed E-state index contributed by atoms with van der Waals surface area (Å²) in [6.45, 7) is 5.03. The molecule has 1 atom stereocenters. The topological polar surface area (TPSA) is 103 Å². The third kappa shape index (κ3) is 3.52. The third-order valence-corrected chi connectivity index (χ3v) is 2.66. The van der Waals surface area contributed by atoms with Gasteiger partial charge in [-0.05, 0) is 25.0 Å². The number of carboxylic acids is 1. The first-order valence-electron chi connectivity index (χ1n) is 5.78. The van der Waals surface area contributed by atoms with Crippen molar-refractivity contribution in [2.45, 2.75) is 26.8 Å². The Morgan fingerprint density at radius 3 is 2.47 bits per heavy atom. The summed E-state index contributed by atoms with van der Waals surface area (Å²) >= 11 is 0. The number of aliphatic carboxylic acids is 1. The fourth-order valence-corrected chi connectivity index (χ4v) is 1.53. The van der Waals surface area contributed by atoms with Gasteiger partial charge in [-0.3, -0.25) is 4.79 Å². The van der Waals surface area contributed by atoms with Crippen LogP contribution in [-0.2, 0) is 4.79 Å². The van der Waals surface area contributed by atoms with Gasteiger partial charge >= 0.3 is 5.97 Å². The number of aryl methyl sites for hydroxylation is 1. The summed E-state index contributed by atoms with van der Waals surface area (Å²) in [5.74, 6) is -1.89. The Morgan fingerprint density at radius 2 is 2.05 bits per heavy atom. The second kappa shape index (κ2) is 5.96. The molecular formula is C13H15N3O3. The van der Waals surface area contributed by atoms with Crippen LogP contribution in [0.4, 0.5) is 0 Å². The number of nitrogens with zero attached hydrogens (tertiary/aromatic N) is 2. The summed E-state index contributed by atoms with van der Waals surface area (Å²) in [4.78, 5) is 26.9. The van der Waals surface area contributed by atoms with E-state index >= 15 is 0 Å². The minimum atomic E-state index is -1.09. The molecule has 1 aromatic rings. The van der Waals surface area contributed by atoms with E-state index in [1.54, 1.807) is 20.8 Å². The predicted molar refractivity (Wildman–Crippen MR) is 67.4 cm³/mol. The van der Waals surface area contributed by atoms with Gasteiger partial charge in [-0.1, -0.05) is 13.8 Å². The van der Waals surface area contributed by atoms with Crippen molar-refractivity contribution >= 4 is 11.9 Å².